The van der Waals surface area contributed by atoms with Gasteiger partial charge in [-0.3, -0.25) is 19.4 Å². The first-order valence-corrected chi connectivity index (χ1v) is 21.0. The van der Waals surface area contributed by atoms with Gasteiger partial charge in [0.15, 0.2) is 0 Å². The van der Waals surface area contributed by atoms with Crippen LogP contribution in [0.3, 0.4) is 0 Å². The molecule has 7 nitrogen and oxygen atoms in total. The van der Waals surface area contributed by atoms with E-state index in [1.165, 1.54) is 141 Å². The number of hydrogen-bond acceptors (Lipinski definition) is 6. The van der Waals surface area contributed by atoms with E-state index in [0.29, 0.717) is 64.3 Å². The van der Waals surface area contributed by atoms with Crippen LogP contribution in [0.2, 0.25) is 0 Å². The molecule has 48 heavy (non-hydrogen) atoms. The third-order valence-corrected chi connectivity index (χ3v) is 9.84. The number of carbonyl (C=O) groups is 2. The van der Waals surface area contributed by atoms with E-state index in [9.17, 15) is 19.8 Å². The van der Waals surface area contributed by atoms with E-state index in [1.807, 2.05) is 0 Å². The minimum absolute atomic E-state index is 0.0537. The SMILES string of the molecule is CCCCCCCCCCCCCCCC(=O)CCN(CCO)CCN(CCO)CCC(=O)NCCCCCCCCCCCCCC. The van der Waals surface area contributed by atoms with E-state index in [1.54, 1.807) is 0 Å². The highest BCUT2D eigenvalue weighted by Gasteiger charge is 2.13. The van der Waals surface area contributed by atoms with Gasteiger partial charge in [-0.2, -0.15) is 0 Å². The fourth-order valence-electron chi connectivity index (χ4n) is 6.53. The fourth-order valence-corrected chi connectivity index (χ4v) is 6.53. The molecule has 0 aliphatic carbocycles. The number of carbonyl (C=O) groups excluding carboxylic acids is 2. The molecule has 0 aromatic carbocycles. The lowest BCUT2D eigenvalue weighted by molar-refractivity contribution is -0.121. The molecule has 0 saturated carbocycles. The van der Waals surface area contributed by atoms with Gasteiger partial charge in [-0.15, -0.1) is 0 Å². The number of unbranched alkanes of at least 4 members (excludes halogenated alkanes) is 23. The number of aliphatic hydroxyl groups excluding tert-OH is 2. The molecule has 0 unspecified atom stereocenters. The van der Waals surface area contributed by atoms with Gasteiger partial charge in [-0.05, 0) is 12.8 Å². The molecule has 0 aromatic rings. The van der Waals surface area contributed by atoms with Gasteiger partial charge in [0.05, 0.1) is 13.2 Å². The van der Waals surface area contributed by atoms with Crippen LogP contribution in [-0.2, 0) is 9.59 Å². The van der Waals surface area contributed by atoms with Crippen molar-refractivity contribution in [3.8, 4) is 0 Å². The quantitative estimate of drug-likeness (QED) is 0.0559. The lowest BCUT2D eigenvalue weighted by Gasteiger charge is -2.26. The van der Waals surface area contributed by atoms with E-state index in [4.69, 9.17) is 0 Å². The molecular weight excluding hydrogens is 598 g/mol. The van der Waals surface area contributed by atoms with E-state index >= 15 is 0 Å². The van der Waals surface area contributed by atoms with Gasteiger partial charge in [0.1, 0.15) is 5.78 Å². The lowest BCUT2D eigenvalue weighted by atomic mass is 10.0. The summed E-state index contributed by atoms with van der Waals surface area (Å²) in [7, 11) is 0. The Labute approximate surface area is 298 Å². The number of nitrogens with zero attached hydrogens (tertiary/aromatic N) is 2. The van der Waals surface area contributed by atoms with Crippen molar-refractivity contribution in [1.82, 2.24) is 15.1 Å². The Kier molecular flexibility index (Phi) is 38.0. The van der Waals surface area contributed by atoms with Crippen LogP contribution in [0.25, 0.3) is 0 Å². The molecule has 286 valence electrons. The summed E-state index contributed by atoms with van der Waals surface area (Å²) < 4.78 is 0. The summed E-state index contributed by atoms with van der Waals surface area (Å²) >= 11 is 0. The van der Waals surface area contributed by atoms with Gasteiger partial charge >= 0.3 is 0 Å². The highest BCUT2D eigenvalue weighted by molar-refractivity contribution is 5.78. The van der Waals surface area contributed by atoms with Crippen molar-refractivity contribution in [1.29, 1.82) is 0 Å². The summed E-state index contributed by atoms with van der Waals surface area (Å²) in [6.07, 6.45) is 34.4. The molecule has 0 heterocycles. The minimum atomic E-state index is 0.0537. The third-order valence-electron chi connectivity index (χ3n) is 9.84. The van der Waals surface area contributed by atoms with E-state index in [0.717, 1.165) is 25.8 Å². The van der Waals surface area contributed by atoms with Gasteiger partial charge in [0, 0.05) is 65.1 Å². The van der Waals surface area contributed by atoms with E-state index in [2.05, 4.69) is 29.0 Å². The minimum Gasteiger partial charge on any atom is -0.395 e. The van der Waals surface area contributed by atoms with Gasteiger partial charge in [-0.25, -0.2) is 0 Å². The Bertz CT molecular complexity index is 622. The molecule has 0 radical (unpaired) electrons. The zero-order chi connectivity index (χ0) is 35.2. The standard InChI is InChI=1S/C41H83N3O4/c1-3-5-7-9-11-13-15-17-18-20-22-24-26-28-40(47)29-32-43(36-38-45)34-35-44(37-39-46)33-30-41(48)42-31-27-25-23-21-19-16-14-12-10-8-6-4-2/h45-46H,3-39H2,1-2H3,(H,42,48). The fraction of sp³-hybridized carbons (Fsp3) is 0.951. The van der Waals surface area contributed by atoms with Crippen LogP contribution >= 0.6 is 0 Å². The van der Waals surface area contributed by atoms with Crippen molar-refractivity contribution >= 4 is 11.7 Å². The number of amides is 1. The van der Waals surface area contributed by atoms with Crippen molar-refractivity contribution in [2.24, 2.45) is 0 Å². The van der Waals surface area contributed by atoms with Crippen molar-refractivity contribution in [3.05, 3.63) is 0 Å². The summed E-state index contributed by atoms with van der Waals surface area (Å²) in [4.78, 5) is 29.2. The molecule has 0 atom stereocenters. The molecule has 0 aliphatic rings. The Hall–Kier alpha value is -1.02. The number of nitrogens with one attached hydrogen (secondary N) is 1. The maximum atomic E-state index is 12.5. The number of ketones is 1. The molecule has 0 saturated heterocycles. The van der Waals surface area contributed by atoms with Crippen molar-refractivity contribution in [2.75, 3.05) is 59.0 Å². The average Bonchev–Trinajstić information content (AvgIpc) is 3.08. The Morgan fingerprint density at radius 2 is 0.771 bits per heavy atom. The molecule has 0 aliphatic heterocycles. The molecular formula is C41H83N3O4. The second kappa shape index (κ2) is 38.8. The summed E-state index contributed by atoms with van der Waals surface area (Å²) in [6, 6.07) is 0. The first kappa shape index (κ1) is 47.0. The zero-order valence-corrected chi connectivity index (χ0v) is 32.3. The molecule has 0 bridgehead atoms. The molecule has 3 N–H and O–H groups in total. The first-order chi connectivity index (χ1) is 23.6. The third kappa shape index (κ3) is 34.8. The second-order valence-electron chi connectivity index (χ2n) is 14.4. The lowest BCUT2D eigenvalue weighted by Crippen LogP contribution is -2.40. The smallest absolute Gasteiger partial charge is 0.221 e. The Balaban J connectivity index is 3.91. The molecule has 1 amide bonds. The topological polar surface area (TPSA) is 93.1 Å². The van der Waals surface area contributed by atoms with Crippen LogP contribution < -0.4 is 5.32 Å². The summed E-state index contributed by atoms with van der Waals surface area (Å²) in [5, 5.41) is 22.2. The van der Waals surface area contributed by atoms with Crippen molar-refractivity contribution < 1.29 is 19.8 Å². The second-order valence-corrected chi connectivity index (χ2v) is 14.4. The van der Waals surface area contributed by atoms with Crippen LogP contribution in [0, 0.1) is 0 Å². The van der Waals surface area contributed by atoms with E-state index < -0.39 is 0 Å². The van der Waals surface area contributed by atoms with Gasteiger partial charge in [-0.1, -0.05) is 162 Å². The highest BCUT2D eigenvalue weighted by Crippen LogP contribution is 2.14. The number of hydrogen-bond donors (Lipinski definition) is 3. The summed E-state index contributed by atoms with van der Waals surface area (Å²) in [5.74, 6) is 0.394. The van der Waals surface area contributed by atoms with Gasteiger partial charge < -0.3 is 15.5 Å². The maximum Gasteiger partial charge on any atom is 0.221 e. The molecule has 7 heteroatoms. The molecule has 0 fully saturated rings. The summed E-state index contributed by atoms with van der Waals surface area (Å²) in [6.45, 7) is 9.15. The largest absolute Gasteiger partial charge is 0.395 e. The maximum absolute atomic E-state index is 12.5. The number of Topliss-reactive ketones (excluding diaryl/α,β-unsaturated/α-hetero) is 1. The average molecular weight is 682 g/mol. The predicted molar refractivity (Wildman–Crippen MR) is 206 cm³/mol. The zero-order valence-electron chi connectivity index (χ0n) is 32.3. The number of aliphatic hydroxyl groups is 2. The van der Waals surface area contributed by atoms with Gasteiger partial charge in [0.2, 0.25) is 5.91 Å². The predicted octanol–water partition coefficient (Wildman–Crippen LogP) is 9.22. The van der Waals surface area contributed by atoms with Crippen LogP contribution in [0.1, 0.15) is 194 Å². The van der Waals surface area contributed by atoms with Crippen LogP contribution in [0.4, 0.5) is 0 Å². The monoisotopic (exact) mass is 682 g/mol. The molecule has 0 aromatic heterocycles. The molecule has 0 rings (SSSR count). The number of rotatable bonds is 40. The Morgan fingerprint density at radius 3 is 1.17 bits per heavy atom. The van der Waals surface area contributed by atoms with E-state index in [-0.39, 0.29) is 19.1 Å². The molecule has 0 spiro atoms. The Morgan fingerprint density at radius 1 is 0.417 bits per heavy atom. The van der Waals surface area contributed by atoms with Crippen molar-refractivity contribution in [2.45, 2.75) is 194 Å². The first-order valence-electron chi connectivity index (χ1n) is 21.0. The highest BCUT2D eigenvalue weighted by atomic mass is 16.3. The summed E-state index contributed by atoms with van der Waals surface area (Å²) in [5.41, 5.74) is 0. The van der Waals surface area contributed by atoms with Crippen LogP contribution in [0.5, 0.6) is 0 Å². The van der Waals surface area contributed by atoms with Crippen molar-refractivity contribution in [3.63, 3.8) is 0 Å². The van der Waals surface area contributed by atoms with Crippen LogP contribution in [-0.4, -0.2) is 90.7 Å². The van der Waals surface area contributed by atoms with Crippen LogP contribution in [0.15, 0.2) is 0 Å². The van der Waals surface area contributed by atoms with Gasteiger partial charge in [0.25, 0.3) is 0 Å². The normalized spacial score (nSPS) is 11.6.